The van der Waals surface area contributed by atoms with Crippen molar-refractivity contribution in [2.45, 2.75) is 19.8 Å². The zero-order chi connectivity index (χ0) is 9.40. The largest absolute Gasteiger partial charge is 0.433 e. The van der Waals surface area contributed by atoms with Gasteiger partial charge in [0.1, 0.15) is 0 Å². The number of unbranched alkanes of at least 4 members (excludes halogenated alkanes) is 1. The third-order valence-electron chi connectivity index (χ3n) is 1.09. The van der Waals surface area contributed by atoms with E-state index in [9.17, 15) is 9.00 Å². The lowest BCUT2D eigenvalue weighted by molar-refractivity contribution is 0.163. The van der Waals surface area contributed by atoms with Gasteiger partial charge in [0.2, 0.25) is 0 Å². The molecule has 0 bridgehead atoms. The van der Waals surface area contributed by atoms with Crippen LogP contribution < -0.4 is 5.32 Å². The van der Waals surface area contributed by atoms with Gasteiger partial charge in [-0.2, -0.15) is 0 Å². The van der Waals surface area contributed by atoms with Crippen molar-refractivity contribution in [2.75, 3.05) is 12.5 Å². The number of hydrogen-bond acceptors (Lipinski definition) is 3. The molecule has 0 saturated heterocycles. The van der Waals surface area contributed by atoms with E-state index < -0.39 is 23.1 Å². The summed E-state index contributed by atoms with van der Waals surface area (Å²) in [4.78, 5) is 10.6. The molecule has 0 radical (unpaired) electrons. The van der Waals surface area contributed by atoms with Gasteiger partial charge in [-0.3, -0.25) is 0 Å². The molecular weight excluding hydrogens is 182 g/mol. The molecule has 0 aliphatic carbocycles. The monoisotopic (exact) mass is 195 g/mol. The molecule has 5 nitrogen and oxygen atoms in total. The van der Waals surface area contributed by atoms with Crippen LogP contribution in [0, 0.1) is 0 Å². The second-order valence-electron chi connectivity index (χ2n) is 2.15. The van der Waals surface area contributed by atoms with Crippen molar-refractivity contribution >= 4 is 17.2 Å². The van der Waals surface area contributed by atoms with Gasteiger partial charge in [0, 0.05) is 6.54 Å². The Labute approximate surface area is 73.8 Å². The molecule has 0 fully saturated rings. The number of carbonyl (C=O) groups is 1. The molecule has 0 spiro atoms. The van der Waals surface area contributed by atoms with E-state index in [2.05, 4.69) is 10.1 Å². The highest BCUT2D eigenvalue weighted by Crippen LogP contribution is 1.85. The summed E-state index contributed by atoms with van der Waals surface area (Å²) < 4.78 is 22.6. The second kappa shape index (κ2) is 7.05. The highest BCUT2D eigenvalue weighted by Gasteiger charge is 2.01. The molecule has 0 aromatic heterocycles. The summed E-state index contributed by atoms with van der Waals surface area (Å²) in [5.41, 5.74) is 0. The van der Waals surface area contributed by atoms with Crippen LogP contribution >= 0.6 is 0 Å². The number of rotatable bonds is 5. The van der Waals surface area contributed by atoms with Crippen molar-refractivity contribution in [2.24, 2.45) is 0 Å². The topological polar surface area (TPSA) is 75.6 Å². The summed E-state index contributed by atoms with van der Waals surface area (Å²) in [6.07, 6.45) is 1.20. The number of nitrogens with one attached hydrogen (secondary N) is 1. The van der Waals surface area contributed by atoms with E-state index in [1.54, 1.807) is 0 Å². The first-order valence-electron chi connectivity index (χ1n) is 3.65. The highest BCUT2D eigenvalue weighted by atomic mass is 32.2. The van der Waals surface area contributed by atoms with Crippen LogP contribution in [0.1, 0.15) is 19.8 Å². The third-order valence-corrected chi connectivity index (χ3v) is 1.41. The molecule has 1 unspecified atom stereocenters. The summed E-state index contributed by atoms with van der Waals surface area (Å²) in [7, 11) is 0. The molecule has 0 rings (SSSR count). The summed E-state index contributed by atoms with van der Waals surface area (Å²) in [5.74, 6) is -0.474. The van der Waals surface area contributed by atoms with Gasteiger partial charge in [-0.1, -0.05) is 13.3 Å². The smallest absolute Gasteiger partial charge is 0.408 e. The fourth-order valence-corrected chi connectivity index (χ4v) is 0.730. The van der Waals surface area contributed by atoms with Gasteiger partial charge in [0.25, 0.3) is 0 Å². The fourth-order valence-electron chi connectivity index (χ4n) is 0.522. The van der Waals surface area contributed by atoms with E-state index in [0.717, 1.165) is 12.8 Å². The highest BCUT2D eigenvalue weighted by molar-refractivity contribution is 7.79. The SMILES string of the molecule is CCCCNC(=O)OCS(=O)O. The zero-order valence-electron chi connectivity index (χ0n) is 6.91. The van der Waals surface area contributed by atoms with Crippen molar-refractivity contribution in [3.63, 3.8) is 0 Å². The van der Waals surface area contributed by atoms with E-state index in [0.29, 0.717) is 6.54 Å². The molecule has 2 N–H and O–H groups in total. The van der Waals surface area contributed by atoms with Crippen LogP contribution in [0.15, 0.2) is 0 Å². The van der Waals surface area contributed by atoms with E-state index in [-0.39, 0.29) is 0 Å². The normalized spacial score (nSPS) is 12.2. The van der Waals surface area contributed by atoms with E-state index in [1.807, 2.05) is 6.92 Å². The van der Waals surface area contributed by atoms with Gasteiger partial charge >= 0.3 is 6.09 Å². The van der Waals surface area contributed by atoms with Crippen LogP contribution in [-0.2, 0) is 15.8 Å². The molecule has 1 amide bonds. The zero-order valence-corrected chi connectivity index (χ0v) is 7.73. The van der Waals surface area contributed by atoms with Crippen molar-refractivity contribution in [1.82, 2.24) is 5.32 Å². The number of ether oxygens (including phenoxy) is 1. The molecular formula is C6H13NO4S. The molecule has 0 aromatic rings. The van der Waals surface area contributed by atoms with E-state index in [1.165, 1.54) is 0 Å². The van der Waals surface area contributed by atoms with Crippen LogP contribution in [0.25, 0.3) is 0 Å². The van der Waals surface area contributed by atoms with Crippen molar-refractivity contribution in [3.05, 3.63) is 0 Å². The maximum atomic E-state index is 10.6. The summed E-state index contributed by atoms with van der Waals surface area (Å²) in [5, 5.41) is 2.43. The van der Waals surface area contributed by atoms with Crippen molar-refractivity contribution < 1.29 is 18.3 Å². The van der Waals surface area contributed by atoms with Crippen LogP contribution in [-0.4, -0.2) is 27.3 Å². The Balaban J connectivity index is 3.28. The summed E-state index contributed by atoms with van der Waals surface area (Å²) in [6, 6.07) is 0. The lowest BCUT2D eigenvalue weighted by Crippen LogP contribution is -2.26. The first-order valence-corrected chi connectivity index (χ1v) is 4.92. The lowest BCUT2D eigenvalue weighted by Gasteiger charge is -2.03. The Hall–Kier alpha value is -0.620. The molecule has 0 aliphatic heterocycles. The van der Waals surface area contributed by atoms with Gasteiger partial charge in [-0.15, -0.1) is 0 Å². The standard InChI is InChI=1S/C6H13NO4S/c1-2-3-4-7-6(8)11-5-12(9)10/h2-5H2,1H3,(H,7,8)(H,9,10). The van der Waals surface area contributed by atoms with Gasteiger partial charge in [0.05, 0.1) is 0 Å². The third kappa shape index (κ3) is 7.49. The van der Waals surface area contributed by atoms with Crippen molar-refractivity contribution in [1.29, 1.82) is 0 Å². The average molecular weight is 195 g/mol. The van der Waals surface area contributed by atoms with Crippen LogP contribution in [0.3, 0.4) is 0 Å². The minimum absolute atomic E-state index is 0.474. The predicted octanol–water partition coefficient (Wildman–Crippen LogP) is 0.692. The Bertz CT molecular complexity index is 162. The van der Waals surface area contributed by atoms with E-state index >= 15 is 0 Å². The summed E-state index contributed by atoms with van der Waals surface area (Å²) >= 11 is -2.08. The average Bonchev–Trinajstić information content (AvgIpc) is 2.01. The first kappa shape index (κ1) is 11.4. The Morgan fingerprint density at radius 3 is 2.83 bits per heavy atom. The summed E-state index contributed by atoms with van der Waals surface area (Å²) in [6.45, 7) is 2.53. The van der Waals surface area contributed by atoms with Crippen LogP contribution in [0.4, 0.5) is 4.79 Å². The van der Waals surface area contributed by atoms with Gasteiger partial charge in [0.15, 0.2) is 17.0 Å². The predicted molar refractivity (Wildman–Crippen MR) is 45.0 cm³/mol. The lowest BCUT2D eigenvalue weighted by atomic mass is 10.3. The van der Waals surface area contributed by atoms with Gasteiger partial charge in [-0.05, 0) is 6.42 Å². The molecule has 0 heterocycles. The van der Waals surface area contributed by atoms with Crippen LogP contribution in [0.5, 0.6) is 0 Å². The Morgan fingerprint density at radius 1 is 1.67 bits per heavy atom. The quantitative estimate of drug-likeness (QED) is 0.500. The molecule has 0 aromatic carbocycles. The number of alkyl carbamates (subject to hydrolysis) is 1. The minimum atomic E-state index is -2.08. The molecule has 0 aliphatic rings. The Kier molecular flexibility index (Phi) is 6.69. The molecule has 1 atom stereocenters. The Morgan fingerprint density at radius 2 is 2.33 bits per heavy atom. The number of amides is 1. The molecule has 72 valence electrons. The number of carbonyl (C=O) groups excluding carboxylic acids is 1. The maximum absolute atomic E-state index is 10.6. The minimum Gasteiger partial charge on any atom is -0.433 e. The first-order chi connectivity index (χ1) is 5.66. The second-order valence-corrected chi connectivity index (χ2v) is 3.03. The maximum Gasteiger partial charge on any atom is 0.408 e. The van der Waals surface area contributed by atoms with Crippen molar-refractivity contribution in [3.8, 4) is 0 Å². The molecule has 12 heavy (non-hydrogen) atoms. The van der Waals surface area contributed by atoms with Gasteiger partial charge in [-0.25, -0.2) is 9.00 Å². The molecule has 0 saturated carbocycles. The van der Waals surface area contributed by atoms with Gasteiger partial charge < -0.3 is 14.6 Å². The van der Waals surface area contributed by atoms with E-state index in [4.69, 9.17) is 4.55 Å². The van der Waals surface area contributed by atoms with Crippen LogP contribution in [0.2, 0.25) is 0 Å². The number of hydrogen-bond donors (Lipinski definition) is 2. The fraction of sp³-hybridized carbons (Fsp3) is 0.833. The molecule has 6 heteroatoms.